The monoisotopic (exact) mass is 1250 g/mol. The SMILES string of the molecule is CCC(C)CCCCCCCCCCC(=O)OC[C@H](COP(=O)(O)OC[C@@H](O)COP(=O)(O)OC[C@@H](COC(=O)CCCCCCCCC(C)CC)OC(=O)CCCCCCCCCCC(C)CC)OC(=O)CCCCCCCCCCC(C)C. The highest BCUT2D eigenvalue weighted by molar-refractivity contribution is 7.47. The van der Waals surface area contributed by atoms with Crippen LogP contribution in [0.3, 0.4) is 0 Å². The predicted molar refractivity (Wildman–Crippen MR) is 340 cm³/mol. The quantitative estimate of drug-likeness (QED) is 0.0222. The third-order valence-corrected chi connectivity index (χ3v) is 18.1. The maximum atomic E-state index is 13.0. The Kier molecular flexibility index (Phi) is 54.8. The summed E-state index contributed by atoms with van der Waals surface area (Å²) in [6, 6.07) is 0. The topological polar surface area (TPSA) is 237 Å². The molecule has 8 atom stereocenters. The van der Waals surface area contributed by atoms with Crippen LogP contribution in [-0.4, -0.2) is 96.7 Å². The summed E-state index contributed by atoms with van der Waals surface area (Å²) in [6.07, 6.45) is 36.1. The van der Waals surface area contributed by atoms with Crippen LogP contribution in [0.1, 0.15) is 319 Å². The summed E-state index contributed by atoms with van der Waals surface area (Å²) in [4.78, 5) is 72.3. The molecule has 0 aromatic rings. The molecule has 0 rings (SSSR count). The van der Waals surface area contributed by atoms with Gasteiger partial charge >= 0.3 is 39.5 Å². The molecule has 0 spiro atoms. The van der Waals surface area contributed by atoms with Crippen LogP contribution in [0.5, 0.6) is 0 Å². The van der Waals surface area contributed by atoms with Gasteiger partial charge in [0.1, 0.15) is 19.3 Å². The second-order valence-electron chi connectivity index (χ2n) is 25.1. The standard InChI is InChI=1S/C66H128O17P2/c1-9-57(6)43-35-27-19-13-16-21-30-38-46-63(68)76-52-61(82-65(70)48-40-32-22-15-12-18-26-34-42-56(4)5)54-80-84(72,73)78-50-60(67)51-79-85(74,75)81-55-62(53-77-64(69)47-39-31-25-24-29-37-45-59(8)11-3)83-66(71)49-41-33-23-17-14-20-28-36-44-58(7)10-2/h56-62,67H,9-55H2,1-8H3,(H,72,73)(H,74,75)/t57?,58?,59?,60-,61-,62-/m1/s1. The number of phosphoric acid groups is 2. The summed E-state index contributed by atoms with van der Waals surface area (Å²) in [5.74, 6) is 0.857. The number of esters is 4. The van der Waals surface area contributed by atoms with Crippen molar-refractivity contribution in [1.29, 1.82) is 0 Å². The van der Waals surface area contributed by atoms with Crippen molar-refractivity contribution in [2.75, 3.05) is 39.6 Å². The van der Waals surface area contributed by atoms with Crippen molar-refractivity contribution >= 4 is 39.5 Å². The molecule has 0 aliphatic carbocycles. The second kappa shape index (κ2) is 56.1. The fourth-order valence-electron chi connectivity index (χ4n) is 9.69. The number of carbonyl (C=O) groups excluding carboxylic acids is 4. The first kappa shape index (κ1) is 83.1. The van der Waals surface area contributed by atoms with Crippen LogP contribution in [-0.2, 0) is 65.4 Å². The van der Waals surface area contributed by atoms with Gasteiger partial charge in [-0.2, -0.15) is 0 Å². The van der Waals surface area contributed by atoms with E-state index in [1.165, 1.54) is 116 Å². The zero-order valence-electron chi connectivity index (χ0n) is 55.2. The van der Waals surface area contributed by atoms with E-state index < -0.39 is 97.5 Å². The highest BCUT2D eigenvalue weighted by Gasteiger charge is 2.30. The third-order valence-electron chi connectivity index (χ3n) is 16.2. The molecule has 3 N–H and O–H groups in total. The molecule has 0 heterocycles. The molecule has 0 aromatic carbocycles. The van der Waals surface area contributed by atoms with Crippen molar-refractivity contribution in [1.82, 2.24) is 0 Å². The van der Waals surface area contributed by atoms with Gasteiger partial charge in [-0.15, -0.1) is 0 Å². The smallest absolute Gasteiger partial charge is 0.462 e. The number of aliphatic hydroxyl groups excluding tert-OH is 1. The number of unbranched alkanes of at least 4 members (excludes halogenated alkanes) is 26. The van der Waals surface area contributed by atoms with Crippen molar-refractivity contribution < 1.29 is 80.2 Å². The molecule has 19 heteroatoms. The Balaban J connectivity index is 5.28. The maximum absolute atomic E-state index is 13.0. The number of phosphoric ester groups is 2. The first-order chi connectivity index (χ1) is 40.7. The lowest BCUT2D eigenvalue weighted by atomic mass is 9.99. The molecule has 0 saturated carbocycles. The van der Waals surface area contributed by atoms with Crippen molar-refractivity contribution in [3.63, 3.8) is 0 Å². The van der Waals surface area contributed by atoms with Gasteiger partial charge in [0, 0.05) is 25.7 Å². The fourth-order valence-corrected chi connectivity index (χ4v) is 11.3. The third kappa shape index (κ3) is 57.0. The van der Waals surface area contributed by atoms with Gasteiger partial charge in [-0.3, -0.25) is 37.3 Å². The van der Waals surface area contributed by atoms with Crippen LogP contribution in [0.4, 0.5) is 0 Å². The Hall–Kier alpha value is -1.94. The number of hydrogen-bond acceptors (Lipinski definition) is 15. The van der Waals surface area contributed by atoms with Crippen molar-refractivity contribution in [2.24, 2.45) is 23.7 Å². The van der Waals surface area contributed by atoms with E-state index >= 15 is 0 Å². The Labute approximate surface area is 517 Å². The number of hydrogen-bond donors (Lipinski definition) is 3. The average molecular weight is 1260 g/mol. The minimum absolute atomic E-state index is 0.103. The van der Waals surface area contributed by atoms with E-state index in [-0.39, 0.29) is 25.7 Å². The van der Waals surface area contributed by atoms with Crippen molar-refractivity contribution in [2.45, 2.75) is 337 Å². The highest BCUT2D eigenvalue weighted by Crippen LogP contribution is 2.45. The van der Waals surface area contributed by atoms with Crippen LogP contribution in [0.15, 0.2) is 0 Å². The first-order valence-corrected chi connectivity index (χ1v) is 37.3. The molecule has 0 fully saturated rings. The molecule has 0 saturated heterocycles. The molecule has 0 radical (unpaired) electrons. The summed E-state index contributed by atoms with van der Waals surface area (Å²) in [5.41, 5.74) is 0. The maximum Gasteiger partial charge on any atom is 0.472 e. The van der Waals surface area contributed by atoms with Gasteiger partial charge in [0.25, 0.3) is 0 Å². The Morgan fingerprint density at radius 2 is 0.565 bits per heavy atom. The summed E-state index contributed by atoms with van der Waals surface area (Å²) in [5, 5.41) is 10.6. The molecule has 504 valence electrons. The lowest BCUT2D eigenvalue weighted by molar-refractivity contribution is -0.161. The number of aliphatic hydroxyl groups is 1. The van der Waals surface area contributed by atoms with E-state index in [9.17, 15) is 43.2 Å². The van der Waals surface area contributed by atoms with E-state index in [1.54, 1.807) is 0 Å². The molecule has 17 nitrogen and oxygen atoms in total. The molecule has 0 bridgehead atoms. The van der Waals surface area contributed by atoms with Crippen molar-refractivity contribution in [3.05, 3.63) is 0 Å². The summed E-state index contributed by atoms with van der Waals surface area (Å²) in [7, 11) is -9.90. The molecule has 0 aromatic heterocycles. The van der Waals surface area contributed by atoms with Gasteiger partial charge in [0.05, 0.1) is 26.4 Å². The van der Waals surface area contributed by atoms with E-state index in [0.29, 0.717) is 25.7 Å². The van der Waals surface area contributed by atoms with Crippen LogP contribution < -0.4 is 0 Å². The summed E-state index contributed by atoms with van der Waals surface area (Å²) < 4.78 is 68.1. The van der Waals surface area contributed by atoms with E-state index in [0.717, 1.165) is 120 Å². The van der Waals surface area contributed by atoms with Crippen LogP contribution in [0.25, 0.3) is 0 Å². The molecular formula is C66H128O17P2. The predicted octanol–water partition coefficient (Wildman–Crippen LogP) is 18.1. The minimum atomic E-state index is -4.95. The molecule has 85 heavy (non-hydrogen) atoms. The zero-order chi connectivity index (χ0) is 63.2. The van der Waals surface area contributed by atoms with Gasteiger partial charge < -0.3 is 33.8 Å². The minimum Gasteiger partial charge on any atom is -0.462 e. The van der Waals surface area contributed by atoms with Crippen LogP contribution >= 0.6 is 15.6 Å². The van der Waals surface area contributed by atoms with Crippen LogP contribution in [0, 0.1) is 23.7 Å². The number of ether oxygens (including phenoxy) is 4. The highest BCUT2D eigenvalue weighted by atomic mass is 31.2. The van der Waals surface area contributed by atoms with Gasteiger partial charge in [0.15, 0.2) is 12.2 Å². The summed E-state index contributed by atoms with van der Waals surface area (Å²) in [6.45, 7) is 14.0. The van der Waals surface area contributed by atoms with Crippen LogP contribution in [0.2, 0.25) is 0 Å². The van der Waals surface area contributed by atoms with Gasteiger partial charge in [-0.25, -0.2) is 9.13 Å². The first-order valence-electron chi connectivity index (χ1n) is 34.3. The van der Waals surface area contributed by atoms with E-state index in [2.05, 4.69) is 55.4 Å². The number of rotatable bonds is 63. The number of carbonyl (C=O) groups is 4. The lowest BCUT2D eigenvalue weighted by Gasteiger charge is -2.21. The largest absolute Gasteiger partial charge is 0.472 e. The lowest BCUT2D eigenvalue weighted by Crippen LogP contribution is -2.30. The molecule has 0 amide bonds. The second-order valence-corrected chi connectivity index (χ2v) is 28.0. The Bertz CT molecular complexity index is 1700. The molecular weight excluding hydrogens is 1130 g/mol. The zero-order valence-corrected chi connectivity index (χ0v) is 57.0. The molecule has 5 unspecified atom stereocenters. The normalized spacial score (nSPS) is 15.3. The Morgan fingerprint density at radius 3 is 0.835 bits per heavy atom. The Morgan fingerprint density at radius 1 is 0.329 bits per heavy atom. The van der Waals surface area contributed by atoms with E-state index in [1.807, 2.05) is 0 Å². The van der Waals surface area contributed by atoms with Gasteiger partial charge in [0.2, 0.25) is 0 Å². The fraction of sp³-hybridized carbons (Fsp3) is 0.939. The van der Waals surface area contributed by atoms with E-state index in [4.69, 9.17) is 37.0 Å². The molecule has 0 aliphatic rings. The van der Waals surface area contributed by atoms with Crippen molar-refractivity contribution in [3.8, 4) is 0 Å². The van der Waals surface area contributed by atoms with Gasteiger partial charge in [-0.1, -0.05) is 267 Å². The average Bonchev–Trinajstić information content (AvgIpc) is 3.51. The molecule has 0 aliphatic heterocycles. The van der Waals surface area contributed by atoms with Gasteiger partial charge in [-0.05, 0) is 49.4 Å². The summed E-state index contributed by atoms with van der Waals surface area (Å²) >= 11 is 0.